The number of hydrogen-bond acceptors (Lipinski definition) is 3. The highest BCUT2D eigenvalue weighted by Crippen LogP contribution is 2.25. The molecule has 0 radical (unpaired) electrons. The molecule has 5 nitrogen and oxygen atoms in total. The molecule has 0 saturated carbocycles. The van der Waals surface area contributed by atoms with Gasteiger partial charge >= 0.3 is 0 Å². The fourth-order valence-electron chi connectivity index (χ4n) is 2.24. The van der Waals surface area contributed by atoms with E-state index >= 15 is 0 Å². The van der Waals surface area contributed by atoms with E-state index in [0.717, 1.165) is 12.1 Å². The van der Waals surface area contributed by atoms with Crippen LogP contribution >= 0.6 is 0 Å². The van der Waals surface area contributed by atoms with Gasteiger partial charge in [-0.15, -0.1) is 0 Å². The zero-order valence-electron chi connectivity index (χ0n) is 11.9. The summed E-state index contributed by atoms with van der Waals surface area (Å²) in [6, 6.07) is 7.58. The molecule has 1 aliphatic heterocycles. The number of rotatable bonds is 2. The van der Waals surface area contributed by atoms with Gasteiger partial charge in [0, 0.05) is 5.69 Å². The maximum atomic E-state index is 13.6. The lowest BCUT2D eigenvalue weighted by molar-refractivity contribution is 0.0955. The van der Waals surface area contributed by atoms with Crippen molar-refractivity contribution in [2.45, 2.75) is 0 Å². The van der Waals surface area contributed by atoms with Gasteiger partial charge in [0.1, 0.15) is 29.6 Å². The van der Waals surface area contributed by atoms with E-state index < -0.39 is 23.1 Å². The van der Waals surface area contributed by atoms with Crippen molar-refractivity contribution < 1.29 is 23.1 Å². The first-order valence-corrected chi connectivity index (χ1v) is 6.86. The summed E-state index contributed by atoms with van der Waals surface area (Å²) in [5, 5.41) is 5.01. The first-order valence-electron chi connectivity index (χ1n) is 6.86. The van der Waals surface area contributed by atoms with E-state index in [1.54, 1.807) is 0 Å². The van der Waals surface area contributed by atoms with Crippen LogP contribution in [0.15, 0.2) is 36.4 Å². The number of carbonyl (C=O) groups excluding carboxylic acids is 2. The van der Waals surface area contributed by atoms with Crippen LogP contribution in [0.2, 0.25) is 0 Å². The molecule has 0 fully saturated rings. The highest BCUT2D eigenvalue weighted by atomic mass is 19.1. The van der Waals surface area contributed by atoms with E-state index in [-0.39, 0.29) is 17.2 Å². The molecule has 2 aromatic carbocycles. The van der Waals surface area contributed by atoms with Crippen LogP contribution in [0.1, 0.15) is 20.7 Å². The lowest BCUT2D eigenvalue weighted by Gasteiger charge is -2.10. The second kappa shape index (κ2) is 6.04. The fourth-order valence-corrected chi connectivity index (χ4v) is 2.24. The lowest BCUT2D eigenvalue weighted by Crippen LogP contribution is -2.24. The molecule has 0 atom stereocenters. The van der Waals surface area contributed by atoms with Gasteiger partial charge in [-0.3, -0.25) is 9.59 Å². The van der Waals surface area contributed by atoms with Crippen molar-refractivity contribution in [3.8, 4) is 5.75 Å². The molecule has 118 valence electrons. The molecular weight excluding hydrogens is 306 g/mol. The molecule has 2 aromatic rings. The predicted octanol–water partition coefficient (Wildman–Crippen LogP) is 2.34. The number of amides is 2. The van der Waals surface area contributed by atoms with Gasteiger partial charge in [0.25, 0.3) is 11.8 Å². The van der Waals surface area contributed by atoms with Crippen molar-refractivity contribution >= 4 is 17.5 Å². The van der Waals surface area contributed by atoms with Crippen molar-refractivity contribution in [2.24, 2.45) is 0 Å². The SMILES string of the molecule is O=C1NCCOc2ccc(NC(=O)c3c(F)cccc3F)cc21. The van der Waals surface area contributed by atoms with Crippen LogP contribution in [-0.4, -0.2) is 25.0 Å². The average molecular weight is 318 g/mol. The smallest absolute Gasteiger partial charge is 0.261 e. The van der Waals surface area contributed by atoms with Gasteiger partial charge in [0.15, 0.2) is 0 Å². The number of benzene rings is 2. The van der Waals surface area contributed by atoms with Gasteiger partial charge in [0.05, 0.1) is 12.1 Å². The fraction of sp³-hybridized carbons (Fsp3) is 0.125. The van der Waals surface area contributed by atoms with E-state index in [0.29, 0.717) is 18.9 Å². The molecule has 1 heterocycles. The van der Waals surface area contributed by atoms with Crippen LogP contribution in [-0.2, 0) is 0 Å². The molecule has 2 amide bonds. The molecule has 0 saturated heterocycles. The zero-order valence-corrected chi connectivity index (χ0v) is 11.9. The number of ether oxygens (including phenoxy) is 1. The molecule has 2 N–H and O–H groups in total. The van der Waals surface area contributed by atoms with Gasteiger partial charge in [-0.25, -0.2) is 8.78 Å². The summed E-state index contributed by atoms with van der Waals surface area (Å²) < 4.78 is 32.6. The van der Waals surface area contributed by atoms with E-state index in [9.17, 15) is 18.4 Å². The van der Waals surface area contributed by atoms with Crippen LogP contribution < -0.4 is 15.4 Å². The average Bonchev–Trinajstić information content (AvgIpc) is 2.69. The normalized spacial score (nSPS) is 13.4. The van der Waals surface area contributed by atoms with Gasteiger partial charge in [-0.05, 0) is 30.3 Å². The summed E-state index contributed by atoms with van der Waals surface area (Å²) in [5.74, 6) is -2.81. The summed E-state index contributed by atoms with van der Waals surface area (Å²) in [5.41, 5.74) is -0.200. The second-order valence-corrected chi connectivity index (χ2v) is 4.87. The minimum atomic E-state index is -0.960. The Morgan fingerprint density at radius 1 is 1.17 bits per heavy atom. The number of carbonyl (C=O) groups is 2. The van der Waals surface area contributed by atoms with Gasteiger partial charge in [-0.1, -0.05) is 6.07 Å². The summed E-state index contributed by atoms with van der Waals surface area (Å²) in [6.45, 7) is 0.709. The lowest BCUT2D eigenvalue weighted by atomic mass is 10.1. The van der Waals surface area contributed by atoms with Crippen LogP contribution in [0.3, 0.4) is 0 Å². The van der Waals surface area contributed by atoms with Crippen LogP contribution in [0.25, 0.3) is 0 Å². The highest BCUT2D eigenvalue weighted by molar-refractivity contribution is 6.06. The first-order chi connectivity index (χ1) is 11.1. The Balaban J connectivity index is 1.89. The first kappa shape index (κ1) is 15.0. The summed E-state index contributed by atoms with van der Waals surface area (Å²) in [4.78, 5) is 23.9. The Morgan fingerprint density at radius 2 is 1.91 bits per heavy atom. The largest absolute Gasteiger partial charge is 0.491 e. The van der Waals surface area contributed by atoms with E-state index in [1.165, 1.54) is 24.3 Å². The third-order valence-electron chi connectivity index (χ3n) is 3.32. The molecule has 0 spiro atoms. The Kier molecular flexibility index (Phi) is 3.92. The maximum Gasteiger partial charge on any atom is 0.261 e. The topological polar surface area (TPSA) is 67.4 Å². The number of anilines is 1. The van der Waals surface area contributed by atoms with Gasteiger partial charge in [0.2, 0.25) is 0 Å². The molecule has 7 heteroatoms. The Morgan fingerprint density at radius 3 is 2.65 bits per heavy atom. The number of fused-ring (bicyclic) bond motifs is 1. The Labute approximate surface area is 130 Å². The predicted molar refractivity (Wildman–Crippen MR) is 78.6 cm³/mol. The second-order valence-electron chi connectivity index (χ2n) is 4.87. The van der Waals surface area contributed by atoms with Crippen LogP contribution in [0.5, 0.6) is 5.75 Å². The third kappa shape index (κ3) is 2.98. The van der Waals surface area contributed by atoms with E-state index in [1.807, 2.05) is 0 Å². The maximum absolute atomic E-state index is 13.6. The van der Waals surface area contributed by atoms with Gasteiger partial charge in [-0.2, -0.15) is 0 Å². The van der Waals surface area contributed by atoms with Crippen LogP contribution in [0, 0.1) is 11.6 Å². The molecule has 1 aliphatic rings. The molecule has 3 rings (SSSR count). The monoisotopic (exact) mass is 318 g/mol. The highest BCUT2D eigenvalue weighted by Gasteiger charge is 2.20. The van der Waals surface area contributed by atoms with Crippen molar-refractivity contribution in [1.82, 2.24) is 5.32 Å². The van der Waals surface area contributed by atoms with E-state index in [2.05, 4.69) is 10.6 Å². The number of halogens is 2. The molecular formula is C16H12F2N2O3. The van der Waals surface area contributed by atoms with Gasteiger partial charge < -0.3 is 15.4 Å². The number of nitrogens with one attached hydrogen (secondary N) is 2. The summed E-state index contributed by atoms with van der Waals surface area (Å²) >= 11 is 0. The minimum absolute atomic E-state index is 0.233. The van der Waals surface area contributed by atoms with Crippen molar-refractivity contribution in [2.75, 3.05) is 18.5 Å². The molecule has 23 heavy (non-hydrogen) atoms. The van der Waals surface area contributed by atoms with Crippen molar-refractivity contribution in [3.63, 3.8) is 0 Å². The standard InChI is InChI=1S/C16H12F2N2O3/c17-11-2-1-3-12(18)14(11)16(22)20-9-4-5-13-10(8-9)15(21)19-6-7-23-13/h1-5,8H,6-7H2,(H,19,21)(H,20,22). The van der Waals surface area contributed by atoms with Crippen molar-refractivity contribution in [1.29, 1.82) is 0 Å². The Bertz CT molecular complexity index is 773. The summed E-state index contributed by atoms with van der Waals surface area (Å²) in [7, 11) is 0. The molecule has 0 unspecified atom stereocenters. The number of hydrogen-bond donors (Lipinski definition) is 2. The quantitative estimate of drug-likeness (QED) is 0.893. The molecule has 0 aromatic heterocycles. The van der Waals surface area contributed by atoms with E-state index in [4.69, 9.17) is 4.74 Å². The summed E-state index contributed by atoms with van der Waals surface area (Å²) in [6.07, 6.45) is 0. The van der Waals surface area contributed by atoms with Crippen LogP contribution in [0.4, 0.5) is 14.5 Å². The zero-order chi connectivity index (χ0) is 16.4. The Hall–Kier alpha value is -2.96. The minimum Gasteiger partial charge on any atom is -0.491 e. The third-order valence-corrected chi connectivity index (χ3v) is 3.32. The molecule has 0 bridgehead atoms. The van der Waals surface area contributed by atoms with Crippen molar-refractivity contribution in [3.05, 3.63) is 59.2 Å². The molecule has 0 aliphatic carbocycles.